The van der Waals surface area contributed by atoms with Crippen LogP contribution in [-0.2, 0) is 21.6 Å². The Labute approximate surface area is 191 Å². The average molecular weight is 439 g/mol. The van der Waals surface area contributed by atoms with Crippen LogP contribution >= 0.6 is 0 Å². The molecule has 2 heterocycles. The minimum atomic E-state index is -1.57. The van der Waals surface area contributed by atoms with Crippen LogP contribution in [0, 0.1) is 5.92 Å². The van der Waals surface area contributed by atoms with Crippen molar-refractivity contribution in [3.05, 3.63) is 60.2 Å². The molecular formula is C26H36N3O3+. The highest BCUT2D eigenvalue weighted by atomic mass is 16.6. The third-order valence-corrected chi connectivity index (χ3v) is 7.42. The number of piperidine rings is 1. The smallest absolute Gasteiger partial charge is 0.343 e. The number of carbonyl (C=O) groups is 1. The molecule has 1 aliphatic carbocycles. The van der Waals surface area contributed by atoms with Gasteiger partial charge in [-0.25, -0.2) is 14.8 Å². The van der Waals surface area contributed by atoms with Crippen LogP contribution in [0.2, 0.25) is 0 Å². The van der Waals surface area contributed by atoms with Crippen molar-refractivity contribution in [2.45, 2.75) is 63.1 Å². The van der Waals surface area contributed by atoms with Gasteiger partial charge in [0.15, 0.2) is 11.7 Å². The number of benzene rings is 1. The van der Waals surface area contributed by atoms with Gasteiger partial charge in [-0.3, -0.25) is 0 Å². The number of quaternary nitrogens is 1. The molecular weight excluding hydrogens is 402 g/mol. The second kappa shape index (κ2) is 10.1. The molecule has 0 radical (unpaired) electrons. The highest BCUT2D eigenvalue weighted by Crippen LogP contribution is 2.41. The number of aliphatic hydroxyl groups is 1. The minimum Gasteiger partial charge on any atom is -0.454 e. The number of ether oxygens (including phenoxy) is 1. The van der Waals surface area contributed by atoms with Gasteiger partial charge in [0.25, 0.3) is 0 Å². The second-order valence-electron chi connectivity index (χ2n) is 9.88. The second-order valence-corrected chi connectivity index (χ2v) is 9.88. The quantitative estimate of drug-likeness (QED) is 0.528. The van der Waals surface area contributed by atoms with Gasteiger partial charge in [0.2, 0.25) is 0 Å². The van der Waals surface area contributed by atoms with Crippen molar-refractivity contribution in [2.75, 3.05) is 26.7 Å². The maximum Gasteiger partial charge on any atom is 0.343 e. The largest absolute Gasteiger partial charge is 0.454 e. The molecule has 0 spiro atoms. The first-order valence-corrected chi connectivity index (χ1v) is 12.1. The van der Waals surface area contributed by atoms with Crippen molar-refractivity contribution in [3.8, 4) is 0 Å². The van der Waals surface area contributed by atoms with Gasteiger partial charge < -0.3 is 14.3 Å². The molecule has 1 N–H and O–H groups in total. The molecule has 4 rings (SSSR count). The van der Waals surface area contributed by atoms with Gasteiger partial charge in [-0.05, 0) is 30.4 Å². The normalized spacial score (nSPS) is 26.2. The van der Waals surface area contributed by atoms with Gasteiger partial charge in [0, 0.05) is 31.2 Å². The SMILES string of the molecule is C[N+]1(CCc2cncnc2)CCCC(OC(=O)C(O)(c2ccccc2)C2CCCCC2)C1. The van der Waals surface area contributed by atoms with E-state index in [-0.39, 0.29) is 12.0 Å². The molecule has 6 heteroatoms. The van der Waals surface area contributed by atoms with Crippen molar-refractivity contribution in [1.29, 1.82) is 0 Å². The van der Waals surface area contributed by atoms with E-state index in [0.29, 0.717) is 5.56 Å². The number of nitrogens with zero attached hydrogens (tertiary/aromatic N) is 3. The van der Waals surface area contributed by atoms with E-state index < -0.39 is 11.6 Å². The molecule has 0 bridgehead atoms. The predicted octanol–water partition coefficient (Wildman–Crippen LogP) is 3.64. The Morgan fingerprint density at radius 2 is 1.81 bits per heavy atom. The number of likely N-dealkylation sites (N-methyl/N-ethyl adjacent to an activating group) is 1. The summed E-state index contributed by atoms with van der Waals surface area (Å²) in [5.41, 5.74) is 0.222. The number of likely N-dealkylation sites (tertiary alicyclic amines) is 1. The van der Waals surface area contributed by atoms with E-state index in [2.05, 4.69) is 17.0 Å². The number of hydrogen-bond acceptors (Lipinski definition) is 5. The van der Waals surface area contributed by atoms with Crippen LogP contribution in [0.15, 0.2) is 49.1 Å². The zero-order chi connectivity index (χ0) is 22.4. The third kappa shape index (κ3) is 5.18. The van der Waals surface area contributed by atoms with Crippen LogP contribution in [0.5, 0.6) is 0 Å². The molecule has 32 heavy (non-hydrogen) atoms. The number of rotatable bonds is 7. The molecule has 0 amide bonds. The molecule has 1 aliphatic heterocycles. The van der Waals surface area contributed by atoms with E-state index in [0.717, 1.165) is 74.6 Å². The van der Waals surface area contributed by atoms with Crippen molar-refractivity contribution in [2.24, 2.45) is 5.92 Å². The first-order valence-electron chi connectivity index (χ1n) is 12.1. The maximum absolute atomic E-state index is 13.5. The molecule has 2 aromatic rings. The van der Waals surface area contributed by atoms with Gasteiger partial charge in [0.1, 0.15) is 12.9 Å². The highest BCUT2D eigenvalue weighted by Gasteiger charge is 2.48. The van der Waals surface area contributed by atoms with Gasteiger partial charge in [-0.15, -0.1) is 0 Å². The molecule has 1 saturated carbocycles. The summed E-state index contributed by atoms with van der Waals surface area (Å²) in [6, 6.07) is 9.41. The Balaban J connectivity index is 1.45. The summed E-state index contributed by atoms with van der Waals surface area (Å²) < 4.78 is 6.93. The van der Waals surface area contributed by atoms with Crippen molar-refractivity contribution < 1.29 is 19.1 Å². The van der Waals surface area contributed by atoms with Crippen LogP contribution in [0.4, 0.5) is 0 Å². The van der Waals surface area contributed by atoms with Crippen molar-refractivity contribution in [1.82, 2.24) is 9.97 Å². The zero-order valence-electron chi connectivity index (χ0n) is 19.2. The van der Waals surface area contributed by atoms with Crippen LogP contribution in [-0.4, -0.2) is 58.3 Å². The summed E-state index contributed by atoms with van der Waals surface area (Å²) in [7, 11) is 2.23. The van der Waals surface area contributed by atoms with Gasteiger partial charge >= 0.3 is 5.97 Å². The summed E-state index contributed by atoms with van der Waals surface area (Å²) >= 11 is 0. The van der Waals surface area contributed by atoms with Gasteiger partial charge in [0.05, 0.1) is 20.1 Å². The molecule has 2 aliphatic rings. The fourth-order valence-electron chi connectivity index (χ4n) is 5.51. The van der Waals surface area contributed by atoms with Gasteiger partial charge in [-0.1, -0.05) is 49.6 Å². The lowest BCUT2D eigenvalue weighted by Crippen LogP contribution is -2.56. The van der Waals surface area contributed by atoms with Crippen molar-refractivity contribution in [3.63, 3.8) is 0 Å². The molecule has 1 aromatic heterocycles. The monoisotopic (exact) mass is 438 g/mol. The average Bonchev–Trinajstić information content (AvgIpc) is 2.84. The lowest BCUT2D eigenvalue weighted by atomic mass is 9.73. The fraction of sp³-hybridized carbons (Fsp3) is 0.577. The Morgan fingerprint density at radius 3 is 2.53 bits per heavy atom. The Morgan fingerprint density at radius 1 is 1.09 bits per heavy atom. The summed E-state index contributed by atoms with van der Waals surface area (Å²) in [5.74, 6) is -0.556. The third-order valence-electron chi connectivity index (χ3n) is 7.42. The van der Waals surface area contributed by atoms with Crippen LogP contribution < -0.4 is 0 Å². The lowest BCUT2D eigenvalue weighted by Gasteiger charge is -2.42. The number of aromatic nitrogens is 2. The number of carbonyl (C=O) groups excluding carboxylic acids is 1. The van der Waals surface area contributed by atoms with Crippen LogP contribution in [0.1, 0.15) is 56.1 Å². The van der Waals surface area contributed by atoms with Crippen molar-refractivity contribution >= 4 is 5.97 Å². The summed E-state index contributed by atoms with van der Waals surface area (Å²) in [6.07, 6.45) is 12.9. The summed E-state index contributed by atoms with van der Waals surface area (Å²) in [5, 5.41) is 11.8. The topological polar surface area (TPSA) is 72.3 Å². The summed E-state index contributed by atoms with van der Waals surface area (Å²) in [6.45, 7) is 2.79. The van der Waals surface area contributed by atoms with Gasteiger partial charge in [-0.2, -0.15) is 0 Å². The van der Waals surface area contributed by atoms with E-state index >= 15 is 0 Å². The minimum absolute atomic E-state index is 0.0892. The summed E-state index contributed by atoms with van der Waals surface area (Å²) in [4.78, 5) is 21.7. The lowest BCUT2D eigenvalue weighted by molar-refractivity contribution is -0.916. The van der Waals surface area contributed by atoms with E-state index in [1.807, 2.05) is 42.7 Å². The van der Waals surface area contributed by atoms with E-state index in [9.17, 15) is 9.90 Å². The molecule has 1 saturated heterocycles. The Bertz CT molecular complexity index is 872. The molecule has 2 fully saturated rings. The van der Waals surface area contributed by atoms with Crippen LogP contribution in [0.3, 0.4) is 0 Å². The molecule has 3 atom stereocenters. The standard InChI is InChI=1S/C26H36N3O3/c1-29(16-14-21-17-27-20-28-18-21)15-8-13-24(19-29)32-25(30)26(31,22-9-4-2-5-10-22)23-11-6-3-7-12-23/h2,4-5,9-10,17-18,20,23-24,31H,3,6-8,11-16,19H2,1H3/q+1. The molecule has 1 aromatic carbocycles. The predicted molar refractivity (Wildman–Crippen MR) is 123 cm³/mol. The fourth-order valence-corrected chi connectivity index (χ4v) is 5.51. The number of hydrogen-bond donors (Lipinski definition) is 1. The first kappa shape index (κ1) is 22.9. The highest BCUT2D eigenvalue weighted by molar-refractivity contribution is 5.81. The molecule has 172 valence electrons. The van der Waals surface area contributed by atoms with Crippen LogP contribution in [0.25, 0.3) is 0 Å². The number of esters is 1. The zero-order valence-corrected chi connectivity index (χ0v) is 19.2. The Kier molecular flexibility index (Phi) is 7.21. The maximum atomic E-state index is 13.5. The van der Waals surface area contributed by atoms with E-state index in [1.54, 1.807) is 6.33 Å². The van der Waals surface area contributed by atoms with E-state index in [1.165, 1.54) is 6.42 Å². The first-order chi connectivity index (χ1) is 15.5. The molecule has 6 nitrogen and oxygen atoms in total. The molecule has 3 unspecified atom stereocenters. The Hall–Kier alpha value is -2.31. The van der Waals surface area contributed by atoms with E-state index in [4.69, 9.17) is 4.74 Å².